The van der Waals surface area contributed by atoms with Crippen molar-refractivity contribution < 1.29 is 9.53 Å². The minimum absolute atomic E-state index is 0.392. The number of thiophene rings is 1. The van der Waals surface area contributed by atoms with Crippen molar-refractivity contribution >= 4 is 17.3 Å². The Kier molecular flexibility index (Phi) is 2.24. The van der Waals surface area contributed by atoms with Crippen molar-refractivity contribution in [3.8, 4) is 6.07 Å². The molecule has 1 rings (SSSR count). The first-order chi connectivity index (χ1) is 5.27. The summed E-state index contributed by atoms with van der Waals surface area (Å²) in [6, 6.07) is 5.11. The van der Waals surface area contributed by atoms with Crippen LogP contribution in [-0.2, 0) is 4.74 Å². The Morgan fingerprint density at radius 2 is 2.45 bits per heavy atom. The van der Waals surface area contributed by atoms with Crippen molar-refractivity contribution in [3.05, 3.63) is 21.9 Å². The Balaban J connectivity index is 2.91. The fourth-order valence-corrected chi connectivity index (χ4v) is 1.33. The van der Waals surface area contributed by atoms with Crippen molar-refractivity contribution in [2.24, 2.45) is 0 Å². The Morgan fingerprint density at radius 1 is 1.73 bits per heavy atom. The van der Waals surface area contributed by atoms with Gasteiger partial charge in [-0.3, -0.25) is 0 Å². The highest BCUT2D eigenvalue weighted by Gasteiger charge is 2.07. The Hall–Kier alpha value is -1.34. The summed E-state index contributed by atoms with van der Waals surface area (Å²) in [5, 5.41) is 8.41. The quantitative estimate of drug-likeness (QED) is 0.594. The monoisotopic (exact) mass is 167 g/mol. The fraction of sp³-hybridized carbons (Fsp3) is 0.143. The van der Waals surface area contributed by atoms with E-state index in [0.717, 1.165) is 11.3 Å². The number of rotatable bonds is 1. The lowest BCUT2D eigenvalue weighted by Crippen LogP contribution is -1.96. The van der Waals surface area contributed by atoms with Gasteiger partial charge in [-0.2, -0.15) is 5.26 Å². The lowest BCUT2D eigenvalue weighted by Gasteiger charge is -1.90. The van der Waals surface area contributed by atoms with E-state index in [2.05, 4.69) is 4.74 Å². The first kappa shape index (κ1) is 7.76. The largest absolute Gasteiger partial charge is 0.465 e. The van der Waals surface area contributed by atoms with Gasteiger partial charge >= 0.3 is 5.97 Å². The van der Waals surface area contributed by atoms with Gasteiger partial charge in [0.15, 0.2) is 0 Å². The van der Waals surface area contributed by atoms with E-state index in [1.54, 1.807) is 12.1 Å². The molecule has 56 valence electrons. The van der Waals surface area contributed by atoms with Crippen LogP contribution >= 0.6 is 11.3 Å². The van der Waals surface area contributed by atoms with Crippen molar-refractivity contribution in [2.45, 2.75) is 0 Å². The summed E-state index contributed by atoms with van der Waals surface area (Å²) < 4.78 is 4.46. The van der Waals surface area contributed by atoms with Gasteiger partial charge in [-0.25, -0.2) is 4.79 Å². The van der Waals surface area contributed by atoms with Gasteiger partial charge in [-0.05, 0) is 12.1 Å². The zero-order valence-corrected chi connectivity index (χ0v) is 6.64. The molecule has 0 spiro atoms. The van der Waals surface area contributed by atoms with E-state index < -0.39 is 5.97 Å². The van der Waals surface area contributed by atoms with Gasteiger partial charge in [0.25, 0.3) is 0 Å². The van der Waals surface area contributed by atoms with Gasteiger partial charge in [0.05, 0.1) is 7.11 Å². The average Bonchev–Trinajstić information content (AvgIpc) is 2.50. The third-order valence-electron chi connectivity index (χ3n) is 1.10. The van der Waals surface area contributed by atoms with Crippen LogP contribution in [0, 0.1) is 11.3 Å². The second kappa shape index (κ2) is 3.17. The van der Waals surface area contributed by atoms with Crippen molar-refractivity contribution in [1.29, 1.82) is 5.26 Å². The smallest absolute Gasteiger partial charge is 0.348 e. The first-order valence-corrected chi connectivity index (χ1v) is 3.68. The topological polar surface area (TPSA) is 50.1 Å². The van der Waals surface area contributed by atoms with Crippen molar-refractivity contribution in [1.82, 2.24) is 0 Å². The highest BCUT2D eigenvalue weighted by molar-refractivity contribution is 7.14. The molecule has 0 aliphatic rings. The van der Waals surface area contributed by atoms with Crippen LogP contribution in [0.15, 0.2) is 12.1 Å². The SMILES string of the molecule is COC(=O)c1ccc(C#N)s1. The van der Waals surface area contributed by atoms with Gasteiger partial charge in [0.2, 0.25) is 0 Å². The molecule has 0 unspecified atom stereocenters. The summed E-state index contributed by atoms with van der Waals surface area (Å²) in [6.45, 7) is 0. The van der Waals surface area contributed by atoms with E-state index in [1.165, 1.54) is 7.11 Å². The van der Waals surface area contributed by atoms with Crippen molar-refractivity contribution in [2.75, 3.05) is 7.11 Å². The van der Waals surface area contributed by atoms with Crippen LogP contribution in [0.25, 0.3) is 0 Å². The zero-order chi connectivity index (χ0) is 8.27. The summed E-state index contributed by atoms with van der Waals surface area (Å²) in [4.78, 5) is 11.8. The van der Waals surface area contributed by atoms with E-state index in [1.807, 2.05) is 6.07 Å². The van der Waals surface area contributed by atoms with E-state index in [9.17, 15) is 4.79 Å². The molecule has 0 bridgehead atoms. The summed E-state index contributed by atoms with van der Waals surface area (Å²) in [5.74, 6) is -0.392. The maximum atomic E-state index is 10.8. The van der Waals surface area contributed by atoms with Crippen LogP contribution in [0.4, 0.5) is 0 Å². The highest BCUT2D eigenvalue weighted by Crippen LogP contribution is 2.15. The van der Waals surface area contributed by atoms with Crippen LogP contribution in [0.2, 0.25) is 0 Å². The van der Waals surface area contributed by atoms with Crippen LogP contribution in [0.1, 0.15) is 14.5 Å². The lowest BCUT2D eigenvalue weighted by atomic mass is 10.4. The third kappa shape index (κ3) is 1.57. The van der Waals surface area contributed by atoms with E-state index in [-0.39, 0.29) is 0 Å². The number of esters is 1. The van der Waals surface area contributed by atoms with Crippen molar-refractivity contribution in [3.63, 3.8) is 0 Å². The molecule has 0 radical (unpaired) electrons. The third-order valence-corrected chi connectivity index (χ3v) is 2.07. The fourth-order valence-electron chi connectivity index (χ4n) is 0.608. The maximum absolute atomic E-state index is 10.8. The molecule has 0 atom stereocenters. The standard InChI is InChI=1S/C7H5NO2S/c1-10-7(9)6-3-2-5(4-8)11-6/h2-3H,1H3. The Morgan fingerprint density at radius 3 is 2.91 bits per heavy atom. The number of methoxy groups -OCH3 is 1. The molecule has 1 aromatic rings. The van der Waals surface area contributed by atoms with Crippen LogP contribution in [-0.4, -0.2) is 13.1 Å². The van der Waals surface area contributed by atoms with E-state index >= 15 is 0 Å². The minimum atomic E-state index is -0.392. The number of hydrogen-bond donors (Lipinski definition) is 0. The molecular weight excluding hydrogens is 162 g/mol. The number of hydrogen-bond acceptors (Lipinski definition) is 4. The number of nitriles is 1. The molecule has 0 aliphatic carbocycles. The second-order valence-electron chi connectivity index (χ2n) is 1.77. The predicted molar refractivity (Wildman–Crippen MR) is 40.4 cm³/mol. The summed E-state index contributed by atoms with van der Waals surface area (Å²) in [5.41, 5.74) is 0. The van der Waals surface area contributed by atoms with E-state index in [4.69, 9.17) is 5.26 Å². The summed E-state index contributed by atoms with van der Waals surface area (Å²) in [6.07, 6.45) is 0. The second-order valence-corrected chi connectivity index (χ2v) is 2.85. The molecule has 0 aromatic carbocycles. The van der Waals surface area contributed by atoms with Crippen LogP contribution in [0.5, 0.6) is 0 Å². The molecular formula is C7H5NO2S. The number of nitrogens with zero attached hydrogens (tertiary/aromatic N) is 1. The Labute approximate surface area is 67.8 Å². The molecule has 0 saturated heterocycles. The molecule has 1 heterocycles. The highest BCUT2D eigenvalue weighted by atomic mass is 32.1. The number of carbonyl (C=O) groups is 1. The van der Waals surface area contributed by atoms with Gasteiger partial charge < -0.3 is 4.74 Å². The number of carbonyl (C=O) groups excluding carboxylic acids is 1. The van der Waals surface area contributed by atoms with Crippen LogP contribution in [0.3, 0.4) is 0 Å². The zero-order valence-electron chi connectivity index (χ0n) is 5.83. The minimum Gasteiger partial charge on any atom is -0.465 e. The molecule has 0 amide bonds. The molecule has 0 saturated carbocycles. The van der Waals surface area contributed by atoms with Gasteiger partial charge in [0, 0.05) is 0 Å². The number of ether oxygens (including phenoxy) is 1. The molecule has 1 aromatic heterocycles. The molecule has 3 nitrogen and oxygen atoms in total. The molecule has 11 heavy (non-hydrogen) atoms. The normalized spacial score (nSPS) is 8.73. The molecule has 0 aliphatic heterocycles. The molecule has 0 N–H and O–H groups in total. The molecule has 4 heteroatoms. The summed E-state index contributed by atoms with van der Waals surface area (Å²) >= 11 is 1.13. The lowest BCUT2D eigenvalue weighted by molar-refractivity contribution is 0.0606. The van der Waals surface area contributed by atoms with E-state index in [0.29, 0.717) is 9.75 Å². The predicted octanol–water partition coefficient (Wildman–Crippen LogP) is 1.41. The van der Waals surface area contributed by atoms with Gasteiger partial charge in [0.1, 0.15) is 15.8 Å². The van der Waals surface area contributed by atoms with Gasteiger partial charge in [-0.15, -0.1) is 11.3 Å². The first-order valence-electron chi connectivity index (χ1n) is 2.86. The summed E-state index contributed by atoms with van der Waals surface area (Å²) in [7, 11) is 1.31. The maximum Gasteiger partial charge on any atom is 0.348 e. The van der Waals surface area contributed by atoms with Crippen LogP contribution < -0.4 is 0 Å². The average molecular weight is 167 g/mol. The molecule has 0 fully saturated rings. The van der Waals surface area contributed by atoms with Gasteiger partial charge in [-0.1, -0.05) is 0 Å². The Bertz CT molecular complexity index is 310.